The van der Waals surface area contributed by atoms with Crippen molar-refractivity contribution < 1.29 is 0 Å². The molecule has 0 aromatic heterocycles. The average Bonchev–Trinajstić information content (AvgIpc) is 2.45. The summed E-state index contributed by atoms with van der Waals surface area (Å²) in [7, 11) is 0. The third-order valence-electron chi connectivity index (χ3n) is 2.50. The van der Waals surface area contributed by atoms with Gasteiger partial charge in [0.05, 0.1) is 23.3 Å². The van der Waals surface area contributed by atoms with Gasteiger partial charge in [-0.1, -0.05) is 36.4 Å². The van der Waals surface area contributed by atoms with Crippen molar-refractivity contribution in [1.29, 1.82) is 10.5 Å². The maximum atomic E-state index is 8.81. The highest BCUT2D eigenvalue weighted by Crippen LogP contribution is 2.11. The van der Waals surface area contributed by atoms with Crippen LogP contribution in [0.5, 0.6) is 0 Å². The van der Waals surface area contributed by atoms with Crippen molar-refractivity contribution in [2.45, 2.75) is 0 Å². The van der Waals surface area contributed by atoms with E-state index in [1.165, 1.54) is 0 Å². The molecule has 0 bridgehead atoms. The monoisotopic (exact) mass is 230 g/mol. The Labute approximate surface area is 106 Å². The number of hydrogen-bond donors (Lipinski definition) is 0. The van der Waals surface area contributed by atoms with E-state index in [2.05, 4.69) is 12.1 Å². The molecule has 0 amide bonds. The van der Waals surface area contributed by atoms with Crippen LogP contribution < -0.4 is 0 Å². The van der Waals surface area contributed by atoms with Gasteiger partial charge >= 0.3 is 0 Å². The molecule has 0 spiro atoms. The Balaban J connectivity index is 2.25. The molecule has 18 heavy (non-hydrogen) atoms. The molecular formula is C16H10N2. The summed E-state index contributed by atoms with van der Waals surface area (Å²) in [5.41, 5.74) is 3.22. The Bertz CT molecular complexity index is 610. The van der Waals surface area contributed by atoms with Crippen molar-refractivity contribution in [3.05, 3.63) is 70.8 Å². The molecule has 0 fully saturated rings. The van der Waals surface area contributed by atoms with Crippen molar-refractivity contribution in [1.82, 2.24) is 0 Å². The van der Waals surface area contributed by atoms with Crippen LogP contribution >= 0.6 is 0 Å². The topological polar surface area (TPSA) is 47.6 Å². The van der Waals surface area contributed by atoms with E-state index in [9.17, 15) is 0 Å². The lowest BCUT2D eigenvalue weighted by atomic mass is 10.1. The number of benzene rings is 2. The van der Waals surface area contributed by atoms with Gasteiger partial charge in [0.1, 0.15) is 0 Å². The predicted molar refractivity (Wildman–Crippen MR) is 71.2 cm³/mol. The second kappa shape index (κ2) is 5.48. The van der Waals surface area contributed by atoms with E-state index in [1.807, 2.05) is 48.6 Å². The lowest BCUT2D eigenvalue weighted by Gasteiger charge is -1.96. The Morgan fingerprint density at radius 1 is 0.722 bits per heavy atom. The molecule has 0 unspecified atom stereocenters. The van der Waals surface area contributed by atoms with Crippen molar-refractivity contribution >= 4 is 12.2 Å². The minimum Gasteiger partial charge on any atom is -0.192 e. The van der Waals surface area contributed by atoms with E-state index in [0.717, 1.165) is 11.1 Å². The molecule has 84 valence electrons. The van der Waals surface area contributed by atoms with E-state index in [0.29, 0.717) is 11.1 Å². The summed E-state index contributed by atoms with van der Waals surface area (Å²) in [6, 6.07) is 19.0. The first kappa shape index (κ1) is 11.6. The van der Waals surface area contributed by atoms with E-state index < -0.39 is 0 Å². The molecule has 2 nitrogen and oxygen atoms in total. The molecular weight excluding hydrogens is 220 g/mol. The minimum atomic E-state index is 0.642. The van der Waals surface area contributed by atoms with Crippen LogP contribution in [-0.4, -0.2) is 0 Å². The molecule has 2 aromatic rings. The van der Waals surface area contributed by atoms with E-state index in [1.54, 1.807) is 12.1 Å². The third kappa shape index (κ3) is 2.84. The number of nitriles is 2. The number of rotatable bonds is 2. The van der Waals surface area contributed by atoms with Gasteiger partial charge in [-0.15, -0.1) is 0 Å². The first-order valence-electron chi connectivity index (χ1n) is 5.50. The Morgan fingerprint density at radius 3 is 1.56 bits per heavy atom. The van der Waals surface area contributed by atoms with Crippen molar-refractivity contribution in [2.24, 2.45) is 0 Å². The van der Waals surface area contributed by atoms with Crippen LogP contribution in [0, 0.1) is 22.7 Å². The van der Waals surface area contributed by atoms with Crippen molar-refractivity contribution in [3.8, 4) is 12.1 Å². The lowest BCUT2D eigenvalue weighted by molar-refractivity contribution is 1.48. The van der Waals surface area contributed by atoms with Crippen LogP contribution in [0.3, 0.4) is 0 Å². The fraction of sp³-hybridized carbons (Fsp3) is 0. The van der Waals surface area contributed by atoms with Crippen LogP contribution in [0.25, 0.3) is 12.2 Å². The molecule has 2 heteroatoms. The van der Waals surface area contributed by atoms with Crippen molar-refractivity contribution in [3.63, 3.8) is 0 Å². The van der Waals surface area contributed by atoms with Gasteiger partial charge in [0.2, 0.25) is 0 Å². The maximum absolute atomic E-state index is 8.81. The van der Waals surface area contributed by atoms with Crippen LogP contribution in [0.1, 0.15) is 22.3 Å². The van der Waals surface area contributed by atoms with Crippen LogP contribution in [0.15, 0.2) is 48.5 Å². The van der Waals surface area contributed by atoms with E-state index >= 15 is 0 Å². The maximum Gasteiger partial charge on any atom is 0.0991 e. The lowest BCUT2D eigenvalue weighted by Crippen LogP contribution is -1.78. The zero-order valence-corrected chi connectivity index (χ0v) is 9.67. The molecule has 0 saturated heterocycles. The standard InChI is InChI=1S/C16H10N2/c17-11-15-5-1-3-13(9-15)7-8-14-4-2-6-16(10-14)12-18/h1-10H. The smallest absolute Gasteiger partial charge is 0.0991 e. The highest BCUT2D eigenvalue weighted by Gasteiger charge is 1.93. The molecule has 0 N–H and O–H groups in total. The molecule has 0 aliphatic carbocycles. The molecule has 0 saturated carbocycles. The summed E-state index contributed by atoms with van der Waals surface area (Å²) in [6.07, 6.45) is 3.86. The predicted octanol–water partition coefficient (Wildman–Crippen LogP) is 3.60. The third-order valence-corrected chi connectivity index (χ3v) is 2.50. The normalized spacial score (nSPS) is 9.89. The highest BCUT2D eigenvalue weighted by molar-refractivity contribution is 5.70. The van der Waals surface area contributed by atoms with Gasteiger partial charge < -0.3 is 0 Å². The van der Waals surface area contributed by atoms with Gasteiger partial charge in [0.15, 0.2) is 0 Å². The van der Waals surface area contributed by atoms with Gasteiger partial charge in [-0.2, -0.15) is 10.5 Å². The molecule has 0 radical (unpaired) electrons. The van der Waals surface area contributed by atoms with Gasteiger partial charge in [-0.25, -0.2) is 0 Å². The number of hydrogen-bond acceptors (Lipinski definition) is 2. The molecule has 0 aliphatic heterocycles. The quantitative estimate of drug-likeness (QED) is 0.740. The SMILES string of the molecule is N#Cc1cccc(C=Cc2cccc(C#N)c2)c1. The summed E-state index contributed by atoms with van der Waals surface area (Å²) < 4.78 is 0. The van der Waals surface area contributed by atoms with Gasteiger partial charge in [0.25, 0.3) is 0 Å². The second-order valence-electron chi connectivity index (χ2n) is 3.81. The molecule has 2 rings (SSSR count). The fourth-order valence-corrected chi connectivity index (χ4v) is 1.62. The van der Waals surface area contributed by atoms with Crippen LogP contribution in [-0.2, 0) is 0 Å². The minimum absolute atomic E-state index is 0.642. The fourth-order valence-electron chi connectivity index (χ4n) is 1.62. The molecule has 2 aromatic carbocycles. The van der Waals surface area contributed by atoms with Gasteiger partial charge in [-0.3, -0.25) is 0 Å². The summed E-state index contributed by atoms with van der Waals surface area (Å²) in [5.74, 6) is 0. The van der Waals surface area contributed by atoms with E-state index in [4.69, 9.17) is 10.5 Å². The first-order chi connectivity index (χ1) is 8.81. The molecule has 0 atom stereocenters. The van der Waals surface area contributed by atoms with Gasteiger partial charge in [-0.05, 0) is 35.4 Å². The Hall–Kier alpha value is -2.84. The molecule has 0 aliphatic rings. The second-order valence-corrected chi connectivity index (χ2v) is 3.81. The summed E-state index contributed by atoms with van der Waals surface area (Å²) in [6.45, 7) is 0. The van der Waals surface area contributed by atoms with E-state index in [-0.39, 0.29) is 0 Å². The largest absolute Gasteiger partial charge is 0.192 e. The summed E-state index contributed by atoms with van der Waals surface area (Å²) in [5, 5.41) is 17.6. The number of nitrogens with zero attached hydrogens (tertiary/aromatic N) is 2. The van der Waals surface area contributed by atoms with Crippen LogP contribution in [0.2, 0.25) is 0 Å². The summed E-state index contributed by atoms with van der Waals surface area (Å²) in [4.78, 5) is 0. The first-order valence-corrected chi connectivity index (χ1v) is 5.50. The summed E-state index contributed by atoms with van der Waals surface area (Å²) >= 11 is 0. The average molecular weight is 230 g/mol. The molecule has 0 heterocycles. The Kier molecular flexibility index (Phi) is 3.54. The highest BCUT2D eigenvalue weighted by atomic mass is 14.2. The van der Waals surface area contributed by atoms with Crippen LogP contribution in [0.4, 0.5) is 0 Å². The van der Waals surface area contributed by atoms with Gasteiger partial charge in [0, 0.05) is 0 Å². The van der Waals surface area contributed by atoms with Crippen molar-refractivity contribution in [2.75, 3.05) is 0 Å². The Morgan fingerprint density at radius 2 is 1.17 bits per heavy atom. The zero-order chi connectivity index (χ0) is 12.8. The zero-order valence-electron chi connectivity index (χ0n) is 9.67.